The fourth-order valence-corrected chi connectivity index (χ4v) is 5.01. The molecule has 1 N–H and O–H groups in total. The van der Waals surface area contributed by atoms with E-state index in [1.807, 2.05) is 18.2 Å². The first kappa shape index (κ1) is 23.5. The molecule has 0 saturated carbocycles. The van der Waals surface area contributed by atoms with E-state index < -0.39 is 5.60 Å². The van der Waals surface area contributed by atoms with Crippen LogP contribution in [-0.4, -0.2) is 36.2 Å². The summed E-state index contributed by atoms with van der Waals surface area (Å²) in [6.07, 6.45) is 5.33. The SMILES string of the molecule is CCCOc1ccc([C@](O)(Cc2ccccc2)[C@@H](CN2CCCCC2)c2ccccc2)cc1. The highest BCUT2D eigenvalue weighted by Gasteiger charge is 2.40. The van der Waals surface area contributed by atoms with Crippen LogP contribution in [0.2, 0.25) is 0 Å². The summed E-state index contributed by atoms with van der Waals surface area (Å²) in [6, 6.07) is 29.1. The maximum absolute atomic E-state index is 12.6. The number of ether oxygens (including phenoxy) is 1. The van der Waals surface area contributed by atoms with Gasteiger partial charge in [0.15, 0.2) is 0 Å². The van der Waals surface area contributed by atoms with Crippen LogP contribution in [0.15, 0.2) is 84.9 Å². The molecular formula is C30H37NO2. The van der Waals surface area contributed by atoms with Crippen molar-refractivity contribution in [3.63, 3.8) is 0 Å². The normalized spacial score (nSPS) is 17.3. The Morgan fingerprint density at radius 3 is 2.12 bits per heavy atom. The van der Waals surface area contributed by atoms with Crippen molar-refractivity contribution in [3.05, 3.63) is 102 Å². The quantitative estimate of drug-likeness (QED) is 0.406. The molecule has 1 saturated heterocycles. The van der Waals surface area contributed by atoms with E-state index in [1.165, 1.54) is 24.8 Å². The van der Waals surface area contributed by atoms with E-state index in [-0.39, 0.29) is 5.92 Å². The first-order chi connectivity index (χ1) is 16.2. The van der Waals surface area contributed by atoms with Gasteiger partial charge in [0.25, 0.3) is 0 Å². The first-order valence-corrected chi connectivity index (χ1v) is 12.5. The number of likely N-dealkylation sites (tertiary alicyclic amines) is 1. The second-order valence-corrected chi connectivity index (χ2v) is 9.28. The van der Waals surface area contributed by atoms with Crippen molar-refractivity contribution in [1.29, 1.82) is 0 Å². The van der Waals surface area contributed by atoms with Crippen LogP contribution in [0.25, 0.3) is 0 Å². The standard InChI is InChI=1S/C30H37NO2/c1-2-22-33-28-18-16-27(17-19-28)30(32,23-25-12-6-3-7-13-25)29(26-14-8-4-9-15-26)24-31-20-10-5-11-21-31/h3-4,6-9,12-19,29,32H,2,5,10-11,20-24H2,1H3/t29-,30+/m0/s1. The largest absolute Gasteiger partial charge is 0.494 e. The summed E-state index contributed by atoms with van der Waals surface area (Å²) in [7, 11) is 0. The Balaban J connectivity index is 1.74. The van der Waals surface area contributed by atoms with Gasteiger partial charge in [-0.25, -0.2) is 0 Å². The molecule has 0 bridgehead atoms. The molecule has 3 aromatic carbocycles. The van der Waals surface area contributed by atoms with Gasteiger partial charge in [0.05, 0.1) is 6.61 Å². The predicted molar refractivity (Wildman–Crippen MR) is 136 cm³/mol. The van der Waals surface area contributed by atoms with E-state index in [0.29, 0.717) is 13.0 Å². The number of hydrogen-bond acceptors (Lipinski definition) is 3. The van der Waals surface area contributed by atoms with Crippen molar-refractivity contribution in [2.75, 3.05) is 26.2 Å². The van der Waals surface area contributed by atoms with Gasteiger partial charge in [-0.2, -0.15) is 0 Å². The summed E-state index contributed by atoms with van der Waals surface area (Å²) >= 11 is 0. The molecule has 174 valence electrons. The molecule has 33 heavy (non-hydrogen) atoms. The lowest BCUT2D eigenvalue weighted by atomic mass is 9.73. The average molecular weight is 444 g/mol. The number of rotatable bonds is 10. The minimum atomic E-state index is -1.04. The second kappa shape index (κ2) is 11.5. The minimum Gasteiger partial charge on any atom is -0.494 e. The van der Waals surface area contributed by atoms with Crippen LogP contribution in [0.1, 0.15) is 55.2 Å². The Labute approximate surface area is 199 Å². The molecule has 2 atom stereocenters. The zero-order chi connectivity index (χ0) is 22.9. The smallest absolute Gasteiger partial charge is 0.119 e. The predicted octanol–water partition coefficient (Wildman–Crippen LogP) is 6.18. The third-order valence-electron chi connectivity index (χ3n) is 6.81. The Hall–Kier alpha value is -2.62. The Morgan fingerprint density at radius 2 is 1.48 bits per heavy atom. The van der Waals surface area contributed by atoms with Crippen molar-refractivity contribution in [3.8, 4) is 5.75 Å². The molecule has 1 fully saturated rings. The van der Waals surface area contributed by atoms with Crippen molar-refractivity contribution in [1.82, 2.24) is 4.90 Å². The maximum Gasteiger partial charge on any atom is 0.119 e. The number of hydrogen-bond donors (Lipinski definition) is 1. The fraction of sp³-hybridized carbons (Fsp3) is 0.400. The van der Waals surface area contributed by atoms with Crippen molar-refractivity contribution in [2.24, 2.45) is 0 Å². The molecule has 3 nitrogen and oxygen atoms in total. The molecule has 3 heteroatoms. The Kier molecular flexibility index (Phi) is 8.20. The third kappa shape index (κ3) is 6.04. The average Bonchev–Trinajstić information content (AvgIpc) is 2.88. The van der Waals surface area contributed by atoms with Gasteiger partial charge in [0.1, 0.15) is 11.4 Å². The molecular weight excluding hydrogens is 406 g/mol. The van der Waals surface area contributed by atoms with Gasteiger partial charge in [0.2, 0.25) is 0 Å². The maximum atomic E-state index is 12.6. The topological polar surface area (TPSA) is 32.7 Å². The lowest BCUT2D eigenvalue weighted by Gasteiger charge is -2.41. The highest BCUT2D eigenvalue weighted by Crippen LogP contribution is 2.41. The summed E-state index contributed by atoms with van der Waals surface area (Å²) < 4.78 is 5.82. The van der Waals surface area contributed by atoms with Crippen LogP contribution in [0, 0.1) is 0 Å². The van der Waals surface area contributed by atoms with Gasteiger partial charge in [-0.1, -0.05) is 86.1 Å². The van der Waals surface area contributed by atoms with Crippen LogP contribution in [0.5, 0.6) is 5.75 Å². The van der Waals surface area contributed by atoms with Gasteiger partial charge in [-0.3, -0.25) is 0 Å². The highest BCUT2D eigenvalue weighted by molar-refractivity contribution is 5.37. The van der Waals surface area contributed by atoms with Gasteiger partial charge in [-0.05, 0) is 61.2 Å². The molecule has 0 aliphatic carbocycles. The van der Waals surface area contributed by atoms with E-state index >= 15 is 0 Å². The number of benzene rings is 3. The van der Waals surface area contributed by atoms with Crippen LogP contribution in [-0.2, 0) is 12.0 Å². The molecule has 0 radical (unpaired) electrons. The molecule has 1 aliphatic heterocycles. The van der Waals surface area contributed by atoms with Crippen molar-refractivity contribution in [2.45, 2.75) is 50.5 Å². The first-order valence-electron chi connectivity index (χ1n) is 12.5. The molecule has 0 spiro atoms. The number of nitrogens with zero attached hydrogens (tertiary/aromatic N) is 1. The lowest BCUT2D eigenvalue weighted by molar-refractivity contribution is -0.00677. The van der Waals surface area contributed by atoms with Crippen molar-refractivity contribution < 1.29 is 9.84 Å². The fourth-order valence-electron chi connectivity index (χ4n) is 5.01. The summed E-state index contributed by atoms with van der Waals surface area (Å²) in [5, 5.41) is 12.6. The minimum absolute atomic E-state index is 0.0422. The van der Waals surface area contributed by atoms with Gasteiger partial charge in [0, 0.05) is 18.9 Å². The summed E-state index contributed by atoms with van der Waals surface area (Å²) in [5.74, 6) is 0.814. The van der Waals surface area contributed by atoms with E-state index in [2.05, 4.69) is 78.6 Å². The highest BCUT2D eigenvalue weighted by atomic mass is 16.5. The lowest BCUT2D eigenvalue weighted by Crippen LogP contribution is -2.44. The molecule has 4 rings (SSSR count). The molecule has 0 unspecified atom stereocenters. The second-order valence-electron chi connectivity index (χ2n) is 9.28. The summed E-state index contributed by atoms with van der Waals surface area (Å²) in [4.78, 5) is 2.54. The number of piperidine rings is 1. The van der Waals surface area contributed by atoms with Crippen molar-refractivity contribution >= 4 is 0 Å². The molecule has 0 amide bonds. The van der Waals surface area contributed by atoms with E-state index in [1.54, 1.807) is 0 Å². The Morgan fingerprint density at radius 1 is 0.848 bits per heavy atom. The third-order valence-corrected chi connectivity index (χ3v) is 6.81. The monoisotopic (exact) mass is 443 g/mol. The Bertz CT molecular complexity index is 952. The molecule has 3 aromatic rings. The van der Waals surface area contributed by atoms with Crippen LogP contribution in [0.4, 0.5) is 0 Å². The van der Waals surface area contributed by atoms with Crippen LogP contribution in [0.3, 0.4) is 0 Å². The molecule has 0 aromatic heterocycles. The zero-order valence-electron chi connectivity index (χ0n) is 19.8. The summed E-state index contributed by atoms with van der Waals surface area (Å²) in [5.41, 5.74) is 2.24. The zero-order valence-corrected chi connectivity index (χ0v) is 19.8. The van der Waals surface area contributed by atoms with Gasteiger partial charge in [-0.15, -0.1) is 0 Å². The molecule has 1 heterocycles. The van der Waals surface area contributed by atoms with E-state index in [9.17, 15) is 5.11 Å². The number of aliphatic hydroxyl groups is 1. The summed E-state index contributed by atoms with van der Waals surface area (Å²) in [6.45, 7) is 5.87. The van der Waals surface area contributed by atoms with Crippen LogP contribution >= 0.6 is 0 Å². The van der Waals surface area contributed by atoms with E-state index in [0.717, 1.165) is 42.9 Å². The van der Waals surface area contributed by atoms with Gasteiger partial charge >= 0.3 is 0 Å². The van der Waals surface area contributed by atoms with Gasteiger partial charge < -0.3 is 14.7 Å². The van der Waals surface area contributed by atoms with Crippen LogP contribution < -0.4 is 4.74 Å². The molecule has 1 aliphatic rings. The van der Waals surface area contributed by atoms with E-state index in [4.69, 9.17) is 4.74 Å².